The van der Waals surface area contributed by atoms with Gasteiger partial charge in [0.15, 0.2) is 5.82 Å². The Bertz CT molecular complexity index is 635. The Kier molecular flexibility index (Phi) is 4.49. The summed E-state index contributed by atoms with van der Waals surface area (Å²) in [4.78, 5) is 19.9. The first-order valence-electron chi connectivity index (χ1n) is 5.57. The fourth-order valence-corrected chi connectivity index (χ4v) is 1.97. The van der Waals surface area contributed by atoms with E-state index in [1.807, 2.05) is 0 Å². The summed E-state index contributed by atoms with van der Waals surface area (Å²) in [5.74, 6) is 5.76. The molecule has 1 aromatic heterocycles. The summed E-state index contributed by atoms with van der Waals surface area (Å²) in [6, 6.07) is 5.23. The highest BCUT2D eigenvalue weighted by atomic mass is 79.9. The van der Waals surface area contributed by atoms with Crippen molar-refractivity contribution in [3.8, 4) is 5.75 Å². The Hall–Kier alpha value is -2.19. The number of nitrogens with zero attached hydrogens (tertiary/aromatic N) is 2. The zero-order valence-corrected chi connectivity index (χ0v) is 12.1. The molecule has 0 fully saturated rings. The highest BCUT2D eigenvalue weighted by Crippen LogP contribution is 2.24. The number of nitrogens with two attached hydrogens (primary N) is 1. The van der Waals surface area contributed by atoms with Gasteiger partial charge in [0.25, 0.3) is 5.91 Å². The van der Waals surface area contributed by atoms with Crippen LogP contribution in [0.25, 0.3) is 0 Å². The predicted molar refractivity (Wildman–Crippen MR) is 78.5 cm³/mol. The fraction of sp³-hybridized carbons (Fsp3) is 0.0833. The number of nitrogen functional groups attached to an aromatic ring is 1. The number of carbonyl (C=O) groups excluding carboxylic acids is 1. The number of nitrogens with one attached hydrogen (secondary N) is 2. The molecule has 2 rings (SSSR count). The molecule has 20 heavy (non-hydrogen) atoms. The van der Waals surface area contributed by atoms with Crippen molar-refractivity contribution >= 4 is 33.3 Å². The number of ether oxygens (including phenoxy) is 1. The van der Waals surface area contributed by atoms with Gasteiger partial charge in [-0.15, -0.1) is 0 Å². The number of aromatic nitrogens is 2. The van der Waals surface area contributed by atoms with E-state index in [1.54, 1.807) is 25.3 Å². The Morgan fingerprint density at radius 1 is 1.35 bits per heavy atom. The molecule has 0 radical (unpaired) electrons. The van der Waals surface area contributed by atoms with Gasteiger partial charge in [0.05, 0.1) is 19.5 Å². The van der Waals surface area contributed by atoms with Gasteiger partial charge < -0.3 is 15.5 Å². The molecular formula is C12H12BrN5O2. The summed E-state index contributed by atoms with van der Waals surface area (Å²) in [6.45, 7) is 0. The summed E-state index contributed by atoms with van der Waals surface area (Å²) >= 11 is 3.34. The monoisotopic (exact) mass is 337 g/mol. The lowest BCUT2D eigenvalue weighted by atomic mass is 10.3. The van der Waals surface area contributed by atoms with Crippen LogP contribution in [0.4, 0.5) is 11.5 Å². The molecule has 4 N–H and O–H groups in total. The lowest BCUT2D eigenvalue weighted by Gasteiger charge is -2.08. The van der Waals surface area contributed by atoms with Crippen molar-refractivity contribution in [2.75, 3.05) is 17.9 Å². The third-order valence-corrected chi connectivity index (χ3v) is 2.84. The first-order chi connectivity index (χ1) is 9.62. The topological polar surface area (TPSA) is 102 Å². The maximum atomic E-state index is 12.1. The minimum atomic E-state index is -0.394. The summed E-state index contributed by atoms with van der Waals surface area (Å²) in [7, 11) is 1.55. The number of anilines is 2. The van der Waals surface area contributed by atoms with Crippen molar-refractivity contribution in [3.63, 3.8) is 0 Å². The van der Waals surface area contributed by atoms with Crippen molar-refractivity contribution in [2.24, 2.45) is 5.84 Å². The van der Waals surface area contributed by atoms with Gasteiger partial charge in [-0.3, -0.25) is 9.78 Å². The number of benzene rings is 1. The summed E-state index contributed by atoms with van der Waals surface area (Å²) in [6.07, 6.45) is 2.77. The van der Waals surface area contributed by atoms with Crippen molar-refractivity contribution in [2.45, 2.75) is 0 Å². The Morgan fingerprint density at radius 3 is 2.85 bits per heavy atom. The molecule has 0 aliphatic rings. The van der Waals surface area contributed by atoms with Crippen molar-refractivity contribution in [3.05, 3.63) is 40.8 Å². The van der Waals surface area contributed by atoms with Gasteiger partial charge in [-0.25, -0.2) is 10.8 Å². The molecule has 1 heterocycles. The smallest absolute Gasteiger partial charge is 0.275 e. The Morgan fingerprint density at radius 2 is 2.15 bits per heavy atom. The van der Waals surface area contributed by atoms with Crippen LogP contribution in [-0.4, -0.2) is 23.0 Å². The van der Waals surface area contributed by atoms with Crippen molar-refractivity contribution < 1.29 is 9.53 Å². The maximum absolute atomic E-state index is 12.1. The third-order valence-electron chi connectivity index (χ3n) is 2.38. The lowest BCUT2D eigenvalue weighted by Crippen LogP contribution is -2.16. The maximum Gasteiger partial charge on any atom is 0.275 e. The van der Waals surface area contributed by atoms with E-state index in [-0.39, 0.29) is 5.69 Å². The molecule has 0 aliphatic heterocycles. The SMILES string of the molecule is COc1cc(Br)cc(NC(=O)c2cncc(NN)n2)c1. The lowest BCUT2D eigenvalue weighted by molar-refractivity contribution is 0.102. The molecule has 0 bridgehead atoms. The van der Waals surface area contributed by atoms with Gasteiger partial charge in [0.2, 0.25) is 0 Å². The molecule has 0 aliphatic carbocycles. The predicted octanol–water partition coefficient (Wildman–Crippen LogP) is 1.79. The number of hydrogen-bond acceptors (Lipinski definition) is 6. The van der Waals surface area contributed by atoms with Crippen LogP contribution >= 0.6 is 15.9 Å². The van der Waals surface area contributed by atoms with Gasteiger partial charge in [-0.05, 0) is 12.1 Å². The van der Waals surface area contributed by atoms with Gasteiger partial charge in [-0.2, -0.15) is 0 Å². The van der Waals surface area contributed by atoms with Crippen LogP contribution in [0.1, 0.15) is 10.5 Å². The Balaban J connectivity index is 2.20. The number of methoxy groups -OCH3 is 1. The second-order valence-electron chi connectivity index (χ2n) is 3.77. The first-order valence-corrected chi connectivity index (χ1v) is 6.36. The summed E-state index contributed by atoms with van der Waals surface area (Å²) < 4.78 is 5.91. The average Bonchev–Trinajstić information content (AvgIpc) is 2.46. The highest BCUT2D eigenvalue weighted by Gasteiger charge is 2.10. The number of halogens is 1. The van der Waals surface area contributed by atoms with Crippen molar-refractivity contribution in [1.82, 2.24) is 9.97 Å². The van der Waals surface area contributed by atoms with Crippen molar-refractivity contribution in [1.29, 1.82) is 0 Å². The van der Waals surface area contributed by atoms with Crippen LogP contribution in [0.5, 0.6) is 5.75 Å². The Labute approximate surface area is 123 Å². The standard InChI is InChI=1S/C12H12BrN5O2/c1-20-9-3-7(13)2-8(4-9)16-12(19)10-5-15-6-11(17-10)18-14/h2-6H,14H2,1H3,(H,16,19)(H,17,18). The molecule has 0 saturated carbocycles. The highest BCUT2D eigenvalue weighted by molar-refractivity contribution is 9.10. The molecule has 0 saturated heterocycles. The molecule has 0 spiro atoms. The number of rotatable bonds is 4. The zero-order chi connectivity index (χ0) is 14.5. The zero-order valence-electron chi connectivity index (χ0n) is 10.6. The normalized spacial score (nSPS) is 9.95. The van der Waals surface area contributed by atoms with E-state index >= 15 is 0 Å². The molecular weight excluding hydrogens is 326 g/mol. The van der Waals surface area contributed by atoms with Crippen LogP contribution < -0.4 is 21.3 Å². The minimum Gasteiger partial charge on any atom is -0.497 e. The van der Waals surface area contributed by atoms with Crippen LogP contribution in [0.2, 0.25) is 0 Å². The van der Waals surface area contributed by atoms with E-state index in [9.17, 15) is 4.79 Å². The van der Waals surface area contributed by atoms with Gasteiger partial charge in [-0.1, -0.05) is 15.9 Å². The second-order valence-corrected chi connectivity index (χ2v) is 4.68. The molecule has 8 heteroatoms. The largest absolute Gasteiger partial charge is 0.497 e. The van der Waals surface area contributed by atoms with Crippen LogP contribution in [0.3, 0.4) is 0 Å². The molecule has 1 amide bonds. The molecule has 0 unspecified atom stereocenters. The molecule has 0 atom stereocenters. The number of carbonyl (C=O) groups is 1. The summed E-state index contributed by atoms with van der Waals surface area (Å²) in [5, 5.41) is 2.71. The third kappa shape index (κ3) is 3.43. The van der Waals surface area contributed by atoms with E-state index in [2.05, 4.69) is 36.6 Å². The first kappa shape index (κ1) is 14.2. The molecule has 104 valence electrons. The van der Waals surface area contributed by atoms with E-state index in [0.29, 0.717) is 17.3 Å². The number of hydrazine groups is 1. The van der Waals surface area contributed by atoms with E-state index in [0.717, 1.165) is 4.47 Å². The average molecular weight is 338 g/mol. The van der Waals surface area contributed by atoms with E-state index < -0.39 is 5.91 Å². The molecule has 2 aromatic rings. The van der Waals surface area contributed by atoms with Gasteiger partial charge in [0.1, 0.15) is 11.4 Å². The van der Waals surface area contributed by atoms with Crippen LogP contribution in [0.15, 0.2) is 35.1 Å². The van der Waals surface area contributed by atoms with Crippen LogP contribution in [-0.2, 0) is 0 Å². The summed E-state index contributed by atoms with van der Waals surface area (Å²) in [5.41, 5.74) is 3.06. The van der Waals surface area contributed by atoms with Gasteiger partial charge >= 0.3 is 0 Å². The van der Waals surface area contributed by atoms with Crippen LogP contribution in [0, 0.1) is 0 Å². The number of hydrogen-bond donors (Lipinski definition) is 3. The van der Waals surface area contributed by atoms with E-state index in [1.165, 1.54) is 12.4 Å². The fourth-order valence-electron chi connectivity index (χ4n) is 1.49. The quantitative estimate of drug-likeness (QED) is 0.580. The van der Waals surface area contributed by atoms with E-state index in [4.69, 9.17) is 10.6 Å². The van der Waals surface area contributed by atoms with Gasteiger partial charge in [0, 0.05) is 16.2 Å². The molecule has 7 nitrogen and oxygen atoms in total. The molecule has 1 aromatic carbocycles. The second kappa shape index (κ2) is 6.31. The minimum absolute atomic E-state index is 0.152. The number of amides is 1.